The van der Waals surface area contributed by atoms with Crippen molar-refractivity contribution in [1.82, 2.24) is 5.32 Å². The largest absolute Gasteiger partial charge is 0.504 e. The lowest BCUT2D eigenvalue weighted by Gasteiger charge is -2.08. The number of rotatable bonds is 4. The topological polar surface area (TPSA) is 77.0 Å². The van der Waals surface area contributed by atoms with Crippen molar-refractivity contribution in [2.75, 3.05) is 13.9 Å². The summed E-state index contributed by atoms with van der Waals surface area (Å²) in [7, 11) is 1.48. The van der Waals surface area contributed by atoms with Gasteiger partial charge in [-0.05, 0) is 35.9 Å². The van der Waals surface area contributed by atoms with Crippen molar-refractivity contribution in [3.05, 3.63) is 47.5 Å². The predicted molar refractivity (Wildman–Crippen MR) is 78.4 cm³/mol. The third kappa shape index (κ3) is 2.76. The third-order valence-electron chi connectivity index (χ3n) is 3.33. The fourth-order valence-electron chi connectivity index (χ4n) is 2.15. The summed E-state index contributed by atoms with van der Waals surface area (Å²) in [5, 5.41) is 12.3. The van der Waals surface area contributed by atoms with Crippen LogP contribution in [0.4, 0.5) is 0 Å². The van der Waals surface area contributed by atoms with Gasteiger partial charge in [0.05, 0.1) is 7.11 Å². The summed E-state index contributed by atoms with van der Waals surface area (Å²) in [6.45, 7) is 0.498. The van der Waals surface area contributed by atoms with Gasteiger partial charge in [-0.25, -0.2) is 0 Å². The highest BCUT2D eigenvalue weighted by molar-refractivity contribution is 5.94. The minimum absolute atomic E-state index is 0.0633. The molecule has 0 radical (unpaired) electrons. The maximum atomic E-state index is 12.2. The molecule has 3 rings (SSSR count). The Kier molecular flexibility index (Phi) is 3.74. The van der Waals surface area contributed by atoms with Gasteiger partial charge in [0, 0.05) is 12.1 Å². The van der Waals surface area contributed by atoms with E-state index in [1.54, 1.807) is 30.3 Å². The van der Waals surface area contributed by atoms with Gasteiger partial charge in [-0.15, -0.1) is 0 Å². The van der Waals surface area contributed by atoms with Crippen molar-refractivity contribution >= 4 is 5.91 Å². The number of methoxy groups -OCH3 is 1. The van der Waals surface area contributed by atoms with Crippen LogP contribution in [-0.4, -0.2) is 24.9 Å². The van der Waals surface area contributed by atoms with E-state index in [9.17, 15) is 9.90 Å². The Labute approximate surface area is 127 Å². The van der Waals surface area contributed by atoms with Crippen LogP contribution >= 0.6 is 0 Å². The predicted octanol–water partition coefficient (Wildman–Crippen LogP) is 2.06. The molecular formula is C16H15NO5. The number of aromatic hydroxyl groups is 1. The second-order valence-electron chi connectivity index (χ2n) is 4.76. The molecule has 0 unspecified atom stereocenters. The Hall–Kier alpha value is -2.89. The molecule has 6 heteroatoms. The quantitative estimate of drug-likeness (QED) is 0.904. The van der Waals surface area contributed by atoms with E-state index in [2.05, 4.69) is 5.32 Å². The number of nitrogens with one attached hydrogen (secondary N) is 1. The Morgan fingerprint density at radius 3 is 2.86 bits per heavy atom. The second-order valence-corrected chi connectivity index (χ2v) is 4.76. The molecule has 1 heterocycles. The first kappa shape index (κ1) is 14.1. The van der Waals surface area contributed by atoms with E-state index in [4.69, 9.17) is 14.2 Å². The van der Waals surface area contributed by atoms with E-state index in [-0.39, 0.29) is 18.4 Å². The van der Waals surface area contributed by atoms with Crippen molar-refractivity contribution in [2.24, 2.45) is 0 Å². The van der Waals surface area contributed by atoms with Crippen molar-refractivity contribution in [3.63, 3.8) is 0 Å². The number of phenolic OH excluding ortho intramolecular Hbond substituents is 1. The van der Waals surface area contributed by atoms with Gasteiger partial charge in [-0.3, -0.25) is 4.79 Å². The summed E-state index contributed by atoms with van der Waals surface area (Å²) in [6.07, 6.45) is 0. The van der Waals surface area contributed by atoms with E-state index in [1.165, 1.54) is 13.2 Å². The molecule has 2 aromatic carbocycles. The lowest BCUT2D eigenvalue weighted by atomic mass is 10.1. The molecule has 2 aromatic rings. The van der Waals surface area contributed by atoms with Gasteiger partial charge in [-0.2, -0.15) is 0 Å². The standard InChI is InChI=1S/C16H15NO5/c1-20-14-6-10(2-4-12(14)18)8-17-16(19)11-3-5-13-15(7-11)22-9-21-13/h2-7,18H,8-9H2,1H3,(H,17,19). The zero-order chi connectivity index (χ0) is 15.5. The van der Waals surface area contributed by atoms with Gasteiger partial charge in [0.2, 0.25) is 6.79 Å². The number of carbonyl (C=O) groups excluding carboxylic acids is 1. The number of hydrogen-bond donors (Lipinski definition) is 2. The molecule has 114 valence electrons. The van der Waals surface area contributed by atoms with Crippen LogP contribution < -0.4 is 19.5 Å². The Bertz CT molecular complexity index is 714. The highest BCUT2D eigenvalue weighted by Gasteiger charge is 2.16. The number of fused-ring (bicyclic) bond motifs is 1. The number of hydrogen-bond acceptors (Lipinski definition) is 5. The smallest absolute Gasteiger partial charge is 0.251 e. The SMILES string of the molecule is COc1cc(CNC(=O)c2ccc3c(c2)OCO3)ccc1O. The van der Waals surface area contributed by atoms with Gasteiger partial charge in [0.25, 0.3) is 5.91 Å². The zero-order valence-corrected chi connectivity index (χ0v) is 12.0. The molecule has 22 heavy (non-hydrogen) atoms. The highest BCUT2D eigenvalue weighted by Crippen LogP contribution is 2.32. The lowest BCUT2D eigenvalue weighted by molar-refractivity contribution is 0.0950. The summed E-state index contributed by atoms with van der Waals surface area (Å²) in [6, 6.07) is 9.96. The Balaban J connectivity index is 1.67. The van der Waals surface area contributed by atoms with E-state index in [0.717, 1.165) is 5.56 Å². The maximum Gasteiger partial charge on any atom is 0.251 e. The molecule has 2 N–H and O–H groups in total. The summed E-state index contributed by atoms with van der Waals surface area (Å²) < 4.78 is 15.5. The van der Waals surface area contributed by atoms with Crippen LogP contribution in [0.5, 0.6) is 23.0 Å². The molecule has 0 atom stereocenters. The summed E-state index contributed by atoms with van der Waals surface area (Å²) in [4.78, 5) is 12.2. The minimum Gasteiger partial charge on any atom is -0.504 e. The van der Waals surface area contributed by atoms with Gasteiger partial charge in [-0.1, -0.05) is 6.07 Å². The van der Waals surface area contributed by atoms with Gasteiger partial charge >= 0.3 is 0 Å². The summed E-state index contributed by atoms with van der Waals surface area (Å²) in [5.74, 6) is 1.42. The zero-order valence-electron chi connectivity index (χ0n) is 12.0. The molecule has 6 nitrogen and oxygen atoms in total. The monoisotopic (exact) mass is 301 g/mol. The fourth-order valence-corrected chi connectivity index (χ4v) is 2.15. The van der Waals surface area contributed by atoms with Gasteiger partial charge in [0.15, 0.2) is 23.0 Å². The van der Waals surface area contributed by atoms with E-state index >= 15 is 0 Å². The van der Waals surface area contributed by atoms with Crippen LogP contribution in [0.25, 0.3) is 0 Å². The number of phenols is 1. The molecule has 0 aliphatic carbocycles. The summed E-state index contributed by atoms with van der Waals surface area (Å²) >= 11 is 0. The molecular weight excluding hydrogens is 286 g/mol. The lowest BCUT2D eigenvalue weighted by Crippen LogP contribution is -2.22. The average molecular weight is 301 g/mol. The molecule has 1 aliphatic rings. The molecule has 1 aliphatic heterocycles. The van der Waals surface area contributed by atoms with Crippen molar-refractivity contribution in [1.29, 1.82) is 0 Å². The molecule has 0 spiro atoms. The van der Waals surface area contributed by atoms with E-state index in [1.807, 2.05) is 0 Å². The first-order chi connectivity index (χ1) is 10.7. The minimum atomic E-state index is -0.217. The Morgan fingerprint density at radius 1 is 1.23 bits per heavy atom. The highest BCUT2D eigenvalue weighted by atomic mass is 16.7. The van der Waals surface area contributed by atoms with Gasteiger partial charge in [0.1, 0.15) is 0 Å². The van der Waals surface area contributed by atoms with Crippen LogP contribution in [0.15, 0.2) is 36.4 Å². The fraction of sp³-hybridized carbons (Fsp3) is 0.188. The molecule has 0 aromatic heterocycles. The average Bonchev–Trinajstić information content (AvgIpc) is 3.01. The maximum absolute atomic E-state index is 12.2. The second kappa shape index (κ2) is 5.85. The van der Waals surface area contributed by atoms with E-state index in [0.29, 0.717) is 29.4 Å². The number of carbonyl (C=O) groups is 1. The number of amides is 1. The number of ether oxygens (including phenoxy) is 3. The first-order valence-corrected chi connectivity index (χ1v) is 6.71. The molecule has 0 fully saturated rings. The summed E-state index contributed by atoms with van der Waals surface area (Å²) in [5.41, 5.74) is 1.32. The van der Waals surface area contributed by atoms with E-state index < -0.39 is 0 Å². The van der Waals surface area contributed by atoms with Crippen LogP contribution in [0.2, 0.25) is 0 Å². The third-order valence-corrected chi connectivity index (χ3v) is 3.33. The van der Waals surface area contributed by atoms with Crippen molar-refractivity contribution in [3.8, 4) is 23.0 Å². The molecule has 0 bridgehead atoms. The van der Waals surface area contributed by atoms with Gasteiger partial charge < -0.3 is 24.6 Å². The van der Waals surface area contributed by atoms with Crippen molar-refractivity contribution in [2.45, 2.75) is 6.54 Å². The van der Waals surface area contributed by atoms with Crippen molar-refractivity contribution < 1.29 is 24.1 Å². The Morgan fingerprint density at radius 2 is 2.05 bits per heavy atom. The molecule has 1 amide bonds. The van der Waals surface area contributed by atoms with Crippen LogP contribution in [0.3, 0.4) is 0 Å². The van der Waals surface area contributed by atoms with Crippen LogP contribution in [-0.2, 0) is 6.54 Å². The normalized spacial score (nSPS) is 12.0. The van der Waals surface area contributed by atoms with Crippen LogP contribution in [0, 0.1) is 0 Å². The first-order valence-electron chi connectivity index (χ1n) is 6.71. The number of benzene rings is 2. The van der Waals surface area contributed by atoms with Crippen LogP contribution in [0.1, 0.15) is 15.9 Å². The molecule has 0 saturated heterocycles. The molecule has 0 saturated carbocycles.